The molecule has 2 N–H and O–H groups in total. The topological polar surface area (TPSA) is 42.9 Å². The third kappa shape index (κ3) is 5.70. The van der Waals surface area contributed by atoms with Gasteiger partial charge in [0.15, 0.2) is 5.96 Å². The monoisotopic (exact) mass is 381 g/mol. The Morgan fingerprint density at radius 3 is 2.87 bits per heavy atom. The molecule has 1 aliphatic heterocycles. The van der Waals surface area contributed by atoms with Gasteiger partial charge in [0.05, 0.1) is 5.69 Å². The number of aliphatic imine (C=N–C) groups is 1. The molecule has 1 unspecified atom stereocenters. The summed E-state index contributed by atoms with van der Waals surface area (Å²) in [5.74, 6) is 0.905. The zero-order valence-corrected chi connectivity index (χ0v) is 15.9. The van der Waals surface area contributed by atoms with E-state index in [1.165, 1.54) is 5.69 Å². The van der Waals surface area contributed by atoms with Gasteiger partial charge in [0.2, 0.25) is 0 Å². The van der Waals surface area contributed by atoms with E-state index >= 15 is 0 Å². The SMILES string of the molecule is CN=C(NCCCN(C)C)NC1CCN(c2ccccc2Br)C1. The van der Waals surface area contributed by atoms with Crippen LogP contribution in [-0.2, 0) is 0 Å². The average molecular weight is 382 g/mol. The quantitative estimate of drug-likeness (QED) is 0.450. The second-order valence-electron chi connectivity index (χ2n) is 6.18. The fourth-order valence-corrected chi connectivity index (χ4v) is 3.33. The van der Waals surface area contributed by atoms with Gasteiger partial charge in [-0.15, -0.1) is 0 Å². The smallest absolute Gasteiger partial charge is 0.191 e. The summed E-state index contributed by atoms with van der Waals surface area (Å²) in [6, 6.07) is 8.84. The van der Waals surface area contributed by atoms with E-state index in [2.05, 4.69) is 79.7 Å². The number of benzene rings is 1. The number of guanidine groups is 1. The molecule has 1 aliphatic rings. The Bertz CT molecular complexity index is 517. The third-order valence-electron chi connectivity index (χ3n) is 4.02. The van der Waals surface area contributed by atoms with Gasteiger partial charge in [-0.3, -0.25) is 4.99 Å². The van der Waals surface area contributed by atoms with Crippen LogP contribution in [0, 0.1) is 0 Å². The van der Waals surface area contributed by atoms with Crippen molar-refractivity contribution in [3.63, 3.8) is 0 Å². The Morgan fingerprint density at radius 1 is 1.39 bits per heavy atom. The van der Waals surface area contributed by atoms with Crippen molar-refractivity contribution < 1.29 is 0 Å². The summed E-state index contributed by atoms with van der Waals surface area (Å²) in [4.78, 5) is 8.95. The number of hydrogen-bond donors (Lipinski definition) is 2. The van der Waals surface area contributed by atoms with Crippen molar-refractivity contribution in [2.75, 3.05) is 52.2 Å². The highest BCUT2D eigenvalue weighted by Crippen LogP contribution is 2.28. The summed E-state index contributed by atoms with van der Waals surface area (Å²) >= 11 is 3.64. The molecule has 6 heteroatoms. The number of para-hydroxylation sites is 1. The van der Waals surface area contributed by atoms with E-state index in [0.717, 1.165) is 49.5 Å². The molecule has 23 heavy (non-hydrogen) atoms. The summed E-state index contributed by atoms with van der Waals surface area (Å²) in [5.41, 5.74) is 1.27. The second kappa shape index (κ2) is 9.13. The Kier molecular flexibility index (Phi) is 7.17. The molecule has 0 spiro atoms. The first kappa shape index (κ1) is 18.1. The van der Waals surface area contributed by atoms with Crippen LogP contribution >= 0.6 is 15.9 Å². The van der Waals surface area contributed by atoms with Gasteiger partial charge in [0.1, 0.15) is 0 Å². The predicted molar refractivity (Wildman–Crippen MR) is 102 cm³/mol. The molecule has 0 aliphatic carbocycles. The fourth-order valence-electron chi connectivity index (χ4n) is 2.80. The standard InChI is InChI=1S/C17H28BrN5/c1-19-17(20-10-6-11-22(2)3)21-14-9-12-23(13-14)16-8-5-4-7-15(16)18/h4-5,7-8,14H,6,9-13H2,1-3H3,(H2,19,20,21). The zero-order chi connectivity index (χ0) is 16.7. The first-order valence-electron chi connectivity index (χ1n) is 8.21. The lowest BCUT2D eigenvalue weighted by atomic mass is 10.2. The molecule has 128 valence electrons. The van der Waals surface area contributed by atoms with Gasteiger partial charge in [-0.2, -0.15) is 0 Å². The summed E-state index contributed by atoms with van der Waals surface area (Å²) < 4.78 is 1.16. The molecule has 2 rings (SSSR count). The summed E-state index contributed by atoms with van der Waals surface area (Å²) in [5, 5.41) is 6.94. The van der Waals surface area contributed by atoms with Gasteiger partial charge in [0.25, 0.3) is 0 Å². The highest BCUT2D eigenvalue weighted by Gasteiger charge is 2.24. The average Bonchev–Trinajstić information content (AvgIpc) is 2.98. The van der Waals surface area contributed by atoms with Crippen LogP contribution in [0.15, 0.2) is 33.7 Å². The van der Waals surface area contributed by atoms with Gasteiger partial charge in [-0.05, 0) is 61.5 Å². The maximum absolute atomic E-state index is 4.34. The number of anilines is 1. The van der Waals surface area contributed by atoms with Crippen molar-refractivity contribution in [1.29, 1.82) is 0 Å². The van der Waals surface area contributed by atoms with Gasteiger partial charge in [-0.1, -0.05) is 12.1 Å². The van der Waals surface area contributed by atoms with Crippen molar-refractivity contribution >= 4 is 27.6 Å². The summed E-state index contributed by atoms with van der Waals surface area (Å²) in [7, 11) is 6.03. The fraction of sp³-hybridized carbons (Fsp3) is 0.588. The van der Waals surface area contributed by atoms with Gasteiger partial charge >= 0.3 is 0 Å². The van der Waals surface area contributed by atoms with E-state index in [-0.39, 0.29) is 0 Å². The molecule has 1 fully saturated rings. The van der Waals surface area contributed by atoms with Crippen molar-refractivity contribution in [2.24, 2.45) is 4.99 Å². The lowest BCUT2D eigenvalue weighted by Crippen LogP contribution is -2.45. The molecule has 1 heterocycles. The highest BCUT2D eigenvalue weighted by molar-refractivity contribution is 9.10. The first-order chi connectivity index (χ1) is 11.1. The van der Waals surface area contributed by atoms with Crippen LogP contribution in [-0.4, -0.2) is 64.2 Å². The van der Waals surface area contributed by atoms with E-state index in [1.807, 2.05) is 7.05 Å². The van der Waals surface area contributed by atoms with E-state index in [4.69, 9.17) is 0 Å². The van der Waals surface area contributed by atoms with Crippen molar-refractivity contribution in [1.82, 2.24) is 15.5 Å². The number of rotatable bonds is 6. The number of halogens is 1. The molecule has 0 amide bonds. The number of nitrogens with zero attached hydrogens (tertiary/aromatic N) is 3. The zero-order valence-electron chi connectivity index (χ0n) is 14.3. The van der Waals surface area contributed by atoms with E-state index in [9.17, 15) is 0 Å². The van der Waals surface area contributed by atoms with Crippen LogP contribution in [0.4, 0.5) is 5.69 Å². The minimum Gasteiger partial charge on any atom is -0.368 e. The molecule has 1 aromatic carbocycles. The summed E-state index contributed by atoms with van der Waals surface area (Å²) in [6.07, 6.45) is 2.24. The molecule has 1 saturated heterocycles. The van der Waals surface area contributed by atoms with Crippen LogP contribution in [0.1, 0.15) is 12.8 Å². The normalized spacial score (nSPS) is 18.6. The minimum atomic E-state index is 0.433. The van der Waals surface area contributed by atoms with Crippen LogP contribution in [0.25, 0.3) is 0 Å². The third-order valence-corrected chi connectivity index (χ3v) is 4.69. The molecule has 5 nitrogen and oxygen atoms in total. The second-order valence-corrected chi connectivity index (χ2v) is 7.04. The minimum absolute atomic E-state index is 0.433. The van der Waals surface area contributed by atoms with Gasteiger partial charge in [-0.25, -0.2) is 0 Å². The molecule has 0 bridgehead atoms. The molecule has 1 aromatic rings. The van der Waals surface area contributed by atoms with Crippen LogP contribution < -0.4 is 15.5 Å². The molecule has 0 radical (unpaired) electrons. The lowest BCUT2D eigenvalue weighted by molar-refractivity contribution is 0.399. The van der Waals surface area contributed by atoms with Gasteiger partial charge in [0, 0.05) is 37.2 Å². The number of nitrogens with one attached hydrogen (secondary N) is 2. The van der Waals surface area contributed by atoms with Crippen molar-refractivity contribution in [3.8, 4) is 0 Å². The molecule has 0 aromatic heterocycles. The van der Waals surface area contributed by atoms with E-state index in [1.54, 1.807) is 0 Å². The highest BCUT2D eigenvalue weighted by atomic mass is 79.9. The molecule has 0 saturated carbocycles. The molecule has 1 atom stereocenters. The Balaban J connectivity index is 1.79. The predicted octanol–water partition coefficient (Wildman–Crippen LogP) is 2.14. The Labute approximate surface area is 148 Å². The van der Waals surface area contributed by atoms with Gasteiger partial charge < -0.3 is 20.4 Å². The maximum Gasteiger partial charge on any atom is 0.191 e. The molecular formula is C17H28BrN5. The molecular weight excluding hydrogens is 354 g/mol. The lowest BCUT2D eigenvalue weighted by Gasteiger charge is -2.21. The number of hydrogen-bond acceptors (Lipinski definition) is 3. The van der Waals surface area contributed by atoms with Crippen molar-refractivity contribution in [2.45, 2.75) is 18.9 Å². The first-order valence-corrected chi connectivity index (χ1v) is 9.01. The van der Waals surface area contributed by atoms with Crippen LogP contribution in [0.3, 0.4) is 0 Å². The summed E-state index contributed by atoms with van der Waals surface area (Å²) in [6.45, 7) is 4.10. The van der Waals surface area contributed by atoms with E-state index < -0.39 is 0 Å². The van der Waals surface area contributed by atoms with Crippen LogP contribution in [0.5, 0.6) is 0 Å². The Hall–Kier alpha value is -1.27. The van der Waals surface area contributed by atoms with E-state index in [0.29, 0.717) is 6.04 Å². The Morgan fingerprint density at radius 2 is 2.17 bits per heavy atom. The largest absolute Gasteiger partial charge is 0.368 e. The van der Waals surface area contributed by atoms with Crippen LogP contribution in [0.2, 0.25) is 0 Å². The maximum atomic E-state index is 4.34. The van der Waals surface area contributed by atoms with Crippen molar-refractivity contribution in [3.05, 3.63) is 28.7 Å².